The van der Waals surface area contributed by atoms with Crippen molar-refractivity contribution in [1.29, 1.82) is 0 Å². The van der Waals surface area contributed by atoms with Crippen LogP contribution in [0.15, 0.2) is 47.1 Å². The van der Waals surface area contributed by atoms with E-state index < -0.39 is 0 Å². The molecule has 1 unspecified atom stereocenters. The number of hydrogen-bond acceptors (Lipinski definition) is 4. The van der Waals surface area contributed by atoms with Crippen LogP contribution in [-0.4, -0.2) is 33.4 Å². The standard InChI is InChI=1S/C22H23BrN4O/c1-14-9-10-18-20(26-17-8-5-7-16(23)12-17)19(13-24-21(18)25-14)22(28)27-11-4-3-6-15(27)2/h5,7-10,12-13,15H,3-4,6,11H2,1-2H3,(H,24,25,26). The molecular weight excluding hydrogens is 416 g/mol. The van der Waals surface area contributed by atoms with Crippen LogP contribution in [0.5, 0.6) is 0 Å². The predicted octanol–water partition coefficient (Wildman–Crippen LogP) is 5.46. The van der Waals surface area contributed by atoms with Crippen LogP contribution in [0.25, 0.3) is 11.0 Å². The van der Waals surface area contributed by atoms with Crippen molar-refractivity contribution >= 4 is 44.2 Å². The first kappa shape index (κ1) is 18.9. The third-order valence-electron chi connectivity index (χ3n) is 5.26. The highest BCUT2D eigenvalue weighted by atomic mass is 79.9. The minimum Gasteiger partial charge on any atom is -0.354 e. The lowest BCUT2D eigenvalue weighted by atomic mass is 10.0. The summed E-state index contributed by atoms with van der Waals surface area (Å²) in [4.78, 5) is 24.4. The molecule has 1 N–H and O–H groups in total. The topological polar surface area (TPSA) is 58.1 Å². The maximum Gasteiger partial charge on any atom is 0.257 e. The number of carbonyl (C=O) groups is 1. The van der Waals surface area contributed by atoms with Gasteiger partial charge >= 0.3 is 0 Å². The predicted molar refractivity (Wildman–Crippen MR) is 116 cm³/mol. The highest BCUT2D eigenvalue weighted by Crippen LogP contribution is 2.31. The number of anilines is 2. The van der Waals surface area contributed by atoms with Crippen molar-refractivity contribution in [1.82, 2.24) is 14.9 Å². The second-order valence-corrected chi connectivity index (χ2v) is 8.27. The second-order valence-electron chi connectivity index (χ2n) is 7.35. The number of aryl methyl sites for hydroxylation is 1. The number of nitrogens with zero attached hydrogens (tertiary/aromatic N) is 3. The minimum absolute atomic E-state index is 0.0275. The van der Waals surface area contributed by atoms with Crippen molar-refractivity contribution in [2.24, 2.45) is 0 Å². The number of rotatable bonds is 3. The number of piperidine rings is 1. The first-order valence-electron chi connectivity index (χ1n) is 9.63. The Hall–Kier alpha value is -2.47. The van der Waals surface area contributed by atoms with Crippen molar-refractivity contribution in [3.05, 3.63) is 58.3 Å². The van der Waals surface area contributed by atoms with E-state index >= 15 is 0 Å². The van der Waals surface area contributed by atoms with Crippen LogP contribution in [0.2, 0.25) is 0 Å². The highest BCUT2D eigenvalue weighted by molar-refractivity contribution is 9.10. The van der Waals surface area contributed by atoms with Gasteiger partial charge in [-0.15, -0.1) is 0 Å². The molecule has 0 bridgehead atoms. The molecule has 1 saturated heterocycles. The maximum atomic E-state index is 13.4. The summed E-state index contributed by atoms with van der Waals surface area (Å²) in [6, 6.07) is 12.1. The number of aromatic nitrogens is 2. The van der Waals surface area contributed by atoms with E-state index in [4.69, 9.17) is 0 Å². The van der Waals surface area contributed by atoms with Gasteiger partial charge in [0, 0.05) is 40.0 Å². The van der Waals surface area contributed by atoms with Crippen molar-refractivity contribution in [2.45, 2.75) is 39.2 Å². The van der Waals surface area contributed by atoms with Gasteiger partial charge in [-0.2, -0.15) is 0 Å². The number of amides is 1. The van der Waals surface area contributed by atoms with Gasteiger partial charge in [-0.05, 0) is 63.4 Å². The lowest BCUT2D eigenvalue weighted by Crippen LogP contribution is -2.42. The molecule has 1 aliphatic rings. The van der Waals surface area contributed by atoms with Crippen LogP contribution in [0.4, 0.5) is 11.4 Å². The average Bonchev–Trinajstić information content (AvgIpc) is 2.68. The Balaban J connectivity index is 1.83. The molecule has 4 rings (SSSR count). The molecule has 1 fully saturated rings. The van der Waals surface area contributed by atoms with Gasteiger partial charge < -0.3 is 10.2 Å². The number of benzene rings is 1. The van der Waals surface area contributed by atoms with Crippen LogP contribution in [0, 0.1) is 6.92 Å². The number of hydrogen-bond donors (Lipinski definition) is 1. The Morgan fingerprint density at radius 1 is 1.25 bits per heavy atom. The lowest BCUT2D eigenvalue weighted by Gasteiger charge is -2.34. The first-order chi connectivity index (χ1) is 13.5. The average molecular weight is 439 g/mol. The van der Waals surface area contributed by atoms with E-state index in [9.17, 15) is 4.79 Å². The van der Waals surface area contributed by atoms with Gasteiger partial charge in [-0.1, -0.05) is 22.0 Å². The largest absolute Gasteiger partial charge is 0.354 e. The van der Waals surface area contributed by atoms with Crippen molar-refractivity contribution in [3.8, 4) is 0 Å². The van der Waals surface area contributed by atoms with Gasteiger partial charge in [0.05, 0.1) is 11.3 Å². The van der Waals surface area contributed by atoms with E-state index in [-0.39, 0.29) is 11.9 Å². The van der Waals surface area contributed by atoms with Crippen LogP contribution >= 0.6 is 15.9 Å². The van der Waals surface area contributed by atoms with Gasteiger partial charge in [0.2, 0.25) is 0 Å². The highest BCUT2D eigenvalue weighted by Gasteiger charge is 2.27. The zero-order chi connectivity index (χ0) is 19.7. The monoisotopic (exact) mass is 438 g/mol. The Morgan fingerprint density at radius 2 is 2.11 bits per heavy atom. The summed E-state index contributed by atoms with van der Waals surface area (Å²) in [6.45, 7) is 4.86. The van der Waals surface area contributed by atoms with Gasteiger partial charge in [0.15, 0.2) is 5.65 Å². The number of carbonyl (C=O) groups excluding carboxylic acids is 1. The number of fused-ring (bicyclic) bond motifs is 1. The Bertz CT molecular complexity index is 1040. The normalized spacial score (nSPS) is 17.0. The van der Waals surface area contributed by atoms with Crippen LogP contribution in [-0.2, 0) is 0 Å². The van der Waals surface area contributed by atoms with Crippen molar-refractivity contribution < 1.29 is 4.79 Å². The van der Waals surface area contributed by atoms with Gasteiger partial charge in [-0.25, -0.2) is 9.97 Å². The maximum absolute atomic E-state index is 13.4. The molecule has 1 amide bonds. The smallest absolute Gasteiger partial charge is 0.257 e. The molecule has 1 aliphatic heterocycles. The minimum atomic E-state index is 0.0275. The summed E-state index contributed by atoms with van der Waals surface area (Å²) < 4.78 is 0.974. The van der Waals surface area contributed by atoms with Crippen molar-refractivity contribution in [2.75, 3.05) is 11.9 Å². The zero-order valence-electron chi connectivity index (χ0n) is 16.1. The molecular formula is C22H23BrN4O. The van der Waals surface area contributed by atoms with E-state index in [1.807, 2.05) is 48.2 Å². The van der Waals surface area contributed by atoms with Crippen LogP contribution in [0.1, 0.15) is 42.2 Å². The lowest BCUT2D eigenvalue weighted by molar-refractivity contribution is 0.0636. The zero-order valence-corrected chi connectivity index (χ0v) is 17.7. The number of nitrogens with one attached hydrogen (secondary N) is 1. The molecule has 0 spiro atoms. The van der Waals surface area contributed by atoms with E-state index in [1.165, 1.54) is 6.42 Å². The quantitative estimate of drug-likeness (QED) is 0.589. The molecule has 144 valence electrons. The Labute approximate surface area is 173 Å². The second kappa shape index (κ2) is 7.87. The molecule has 6 heteroatoms. The molecule has 0 radical (unpaired) electrons. The van der Waals surface area contributed by atoms with E-state index in [1.54, 1.807) is 6.20 Å². The third kappa shape index (κ3) is 3.74. The summed E-state index contributed by atoms with van der Waals surface area (Å²) in [5.74, 6) is 0.0275. The molecule has 2 aromatic heterocycles. The summed E-state index contributed by atoms with van der Waals surface area (Å²) in [5.41, 5.74) is 3.80. The van der Waals surface area contributed by atoms with E-state index in [0.29, 0.717) is 11.2 Å². The molecule has 0 aliphatic carbocycles. The fourth-order valence-electron chi connectivity index (χ4n) is 3.73. The van der Waals surface area contributed by atoms with Gasteiger partial charge in [0.1, 0.15) is 0 Å². The molecule has 5 nitrogen and oxygen atoms in total. The first-order valence-corrected chi connectivity index (χ1v) is 10.4. The summed E-state index contributed by atoms with van der Waals surface area (Å²) >= 11 is 3.51. The van der Waals surface area contributed by atoms with Crippen molar-refractivity contribution in [3.63, 3.8) is 0 Å². The molecule has 3 aromatic rings. The molecule has 28 heavy (non-hydrogen) atoms. The molecule has 1 aromatic carbocycles. The van der Waals surface area contributed by atoms with Crippen LogP contribution < -0.4 is 5.32 Å². The van der Waals surface area contributed by atoms with E-state index in [2.05, 4.69) is 38.1 Å². The van der Waals surface area contributed by atoms with Gasteiger partial charge in [0.25, 0.3) is 5.91 Å². The molecule has 3 heterocycles. The SMILES string of the molecule is Cc1ccc2c(Nc3cccc(Br)c3)c(C(=O)N3CCCCC3C)cnc2n1. The van der Waals surface area contributed by atoms with Gasteiger partial charge in [-0.3, -0.25) is 4.79 Å². The molecule has 0 saturated carbocycles. The number of pyridine rings is 2. The number of likely N-dealkylation sites (tertiary alicyclic amines) is 1. The third-order valence-corrected chi connectivity index (χ3v) is 5.75. The fourth-order valence-corrected chi connectivity index (χ4v) is 4.13. The summed E-state index contributed by atoms with van der Waals surface area (Å²) in [6.07, 6.45) is 4.93. The number of halogens is 1. The van der Waals surface area contributed by atoms with Crippen LogP contribution in [0.3, 0.4) is 0 Å². The van der Waals surface area contributed by atoms with E-state index in [0.717, 1.165) is 46.3 Å². The Morgan fingerprint density at radius 3 is 2.89 bits per heavy atom. The summed E-state index contributed by atoms with van der Waals surface area (Å²) in [7, 11) is 0. The summed E-state index contributed by atoms with van der Waals surface area (Å²) in [5, 5.41) is 4.30. The fraction of sp³-hybridized carbons (Fsp3) is 0.318. The molecule has 1 atom stereocenters. The Kier molecular flexibility index (Phi) is 5.31.